The van der Waals surface area contributed by atoms with Gasteiger partial charge in [-0.3, -0.25) is 4.90 Å². The molecule has 15 nitrogen and oxygen atoms in total. The summed E-state index contributed by atoms with van der Waals surface area (Å²) in [4.78, 5) is 52.8. The Morgan fingerprint density at radius 2 is 1.23 bits per heavy atom. The van der Waals surface area contributed by atoms with Gasteiger partial charge in [-0.25, -0.2) is 24.0 Å². The molecule has 1 heterocycles. The smallest absolute Gasteiger partial charge is 0.342 e. The van der Waals surface area contributed by atoms with Gasteiger partial charge in [-0.05, 0) is 12.1 Å². The normalized spacial score (nSPS) is 12.8. The number of piperazine rings is 1. The number of carboxylic acid groups (broad SMARTS) is 4. The van der Waals surface area contributed by atoms with Crippen molar-refractivity contribution in [3.05, 3.63) is 42.0 Å². The highest BCUT2D eigenvalue weighted by Crippen LogP contribution is 2.39. The molecule has 216 valence electrons. The molecule has 0 aliphatic carbocycles. The molecule has 39 heavy (non-hydrogen) atoms. The van der Waals surface area contributed by atoms with Crippen LogP contribution in [-0.2, 0) is 23.9 Å². The average Bonchev–Trinajstić information content (AvgIpc) is 2.91. The number of carboxylic acids is 4. The van der Waals surface area contributed by atoms with E-state index >= 15 is 0 Å². The van der Waals surface area contributed by atoms with E-state index in [0.29, 0.717) is 53.7 Å². The summed E-state index contributed by atoms with van der Waals surface area (Å²) in [6, 6.07) is 3.28. The van der Waals surface area contributed by atoms with E-state index < -0.39 is 29.8 Å². The molecule has 0 unspecified atom stereocenters. The van der Waals surface area contributed by atoms with Crippen molar-refractivity contribution in [1.82, 2.24) is 10.2 Å². The van der Waals surface area contributed by atoms with Crippen LogP contribution in [0.2, 0.25) is 0 Å². The zero-order valence-corrected chi connectivity index (χ0v) is 21.6. The van der Waals surface area contributed by atoms with Gasteiger partial charge in [0.05, 0.1) is 21.3 Å². The second-order valence-electron chi connectivity index (χ2n) is 7.13. The molecular formula is C24H32N2O13. The first-order valence-corrected chi connectivity index (χ1v) is 11.1. The van der Waals surface area contributed by atoms with E-state index in [1.165, 1.54) is 21.3 Å². The molecule has 0 bridgehead atoms. The molecule has 0 atom stereocenters. The SMILES string of the molecule is COc1ccc(C(=O)OCCN2CCNCC2)c(OC)c1OC.O=C(O)/C=C\C(=O)O.O=C(O)/C=C\C(=O)O. The molecule has 5 N–H and O–H groups in total. The van der Waals surface area contributed by atoms with Crippen molar-refractivity contribution in [3.63, 3.8) is 0 Å². The molecule has 1 saturated heterocycles. The van der Waals surface area contributed by atoms with E-state index in [1.54, 1.807) is 12.1 Å². The van der Waals surface area contributed by atoms with Crippen molar-refractivity contribution in [2.24, 2.45) is 0 Å². The maximum Gasteiger partial charge on any atom is 0.342 e. The van der Waals surface area contributed by atoms with Crippen LogP contribution in [0.1, 0.15) is 10.4 Å². The first kappa shape index (κ1) is 34.4. The van der Waals surface area contributed by atoms with Gasteiger partial charge in [-0.15, -0.1) is 0 Å². The maximum absolute atomic E-state index is 12.3. The summed E-state index contributed by atoms with van der Waals surface area (Å²) in [6.07, 6.45) is 2.23. The number of nitrogens with one attached hydrogen (secondary N) is 1. The molecule has 1 aromatic carbocycles. The lowest BCUT2D eigenvalue weighted by molar-refractivity contribution is -0.134. The van der Waals surface area contributed by atoms with E-state index in [4.69, 9.17) is 39.4 Å². The fourth-order valence-electron chi connectivity index (χ4n) is 2.83. The summed E-state index contributed by atoms with van der Waals surface area (Å²) >= 11 is 0. The molecule has 0 spiro atoms. The Balaban J connectivity index is 0.000000742. The standard InChI is InChI=1S/C16H24N2O5.2C4H4O4/c1-20-13-5-4-12(14(21-2)15(13)22-3)16(19)23-11-10-18-8-6-17-7-9-18;2*5-3(6)1-2-4(7)8/h4-5,17H,6-11H2,1-3H3;2*1-2H,(H,5,6)(H,7,8)/b;2*2-1-. The largest absolute Gasteiger partial charge is 0.493 e. The summed E-state index contributed by atoms with van der Waals surface area (Å²) in [7, 11) is 4.51. The predicted molar refractivity (Wildman–Crippen MR) is 135 cm³/mol. The average molecular weight is 557 g/mol. The van der Waals surface area contributed by atoms with Crippen LogP contribution in [0.5, 0.6) is 17.2 Å². The second kappa shape index (κ2) is 19.5. The number of hydrogen-bond donors (Lipinski definition) is 5. The van der Waals surface area contributed by atoms with Crippen LogP contribution >= 0.6 is 0 Å². The molecule has 0 aromatic heterocycles. The van der Waals surface area contributed by atoms with Crippen LogP contribution in [0.3, 0.4) is 0 Å². The third-order valence-electron chi connectivity index (χ3n) is 4.51. The number of nitrogens with zero attached hydrogens (tertiary/aromatic N) is 1. The lowest BCUT2D eigenvalue weighted by atomic mass is 10.1. The number of carbonyl (C=O) groups excluding carboxylic acids is 1. The van der Waals surface area contributed by atoms with Gasteiger partial charge in [-0.2, -0.15) is 0 Å². The van der Waals surface area contributed by atoms with Gasteiger partial charge < -0.3 is 44.7 Å². The topological polar surface area (TPSA) is 218 Å². The van der Waals surface area contributed by atoms with E-state index in [1.807, 2.05) is 0 Å². The summed E-state index contributed by atoms with van der Waals surface area (Å²) in [5.41, 5.74) is 0.325. The third kappa shape index (κ3) is 15.3. The van der Waals surface area contributed by atoms with Gasteiger partial charge in [0, 0.05) is 57.0 Å². The third-order valence-corrected chi connectivity index (χ3v) is 4.51. The molecule has 1 aliphatic heterocycles. The van der Waals surface area contributed by atoms with Gasteiger partial charge in [0.25, 0.3) is 0 Å². The number of ether oxygens (including phenoxy) is 4. The Morgan fingerprint density at radius 1 is 0.769 bits per heavy atom. The number of benzene rings is 1. The van der Waals surface area contributed by atoms with Crippen LogP contribution in [0.25, 0.3) is 0 Å². The quantitative estimate of drug-likeness (QED) is 0.181. The monoisotopic (exact) mass is 556 g/mol. The number of aliphatic carboxylic acids is 4. The van der Waals surface area contributed by atoms with Crippen LogP contribution in [0, 0.1) is 0 Å². The number of esters is 1. The highest BCUT2D eigenvalue weighted by Gasteiger charge is 2.22. The Hall–Kier alpha value is -4.63. The van der Waals surface area contributed by atoms with Crippen molar-refractivity contribution in [2.45, 2.75) is 0 Å². The second-order valence-corrected chi connectivity index (χ2v) is 7.13. The minimum atomic E-state index is -1.26. The fourth-order valence-corrected chi connectivity index (χ4v) is 2.83. The number of hydrogen-bond acceptors (Lipinski definition) is 11. The first-order chi connectivity index (χ1) is 18.5. The Labute approximate surface area is 223 Å². The van der Waals surface area contributed by atoms with E-state index in [-0.39, 0.29) is 0 Å². The van der Waals surface area contributed by atoms with Crippen LogP contribution in [0.15, 0.2) is 36.4 Å². The number of methoxy groups -OCH3 is 3. The van der Waals surface area contributed by atoms with Crippen LogP contribution < -0.4 is 19.5 Å². The van der Waals surface area contributed by atoms with Crippen molar-refractivity contribution in [1.29, 1.82) is 0 Å². The van der Waals surface area contributed by atoms with Crippen molar-refractivity contribution in [2.75, 3.05) is 60.7 Å². The maximum atomic E-state index is 12.3. The summed E-state index contributed by atoms with van der Waals surface area (Å²) in [5.74, 6) is -4.26. The molecule has 0 amide bonds. The minimum absolute atomic E-state index is 0.319. The lowest BCUT2D eigenvalue weighted by Gasteiger charge is -2.26. The Bertz CT molecular complexity index is 965. The first-order valence-electron chi connectivity index (χ1n) is 11.1. The number of rotatable bonds is 11. The zero-order chi connectivity index (χ0) is 29.8. The molecule has 15 heteroatoms. The molecule has 0 radical (unpaired) electrons. The van der Waals surface area contributed by atoms with Gasteiger partial charge in [-0.1, -0.05) is 0 Å². The van der Waals surface area contributed by atoms with Gasteiger partial charge in [0.15, 0.2) is 11.5 Å². The Morgan fingerprint density at radius 3 is 1.62 bits per heavy atom. The molecule has 0 saturated carbocycles. The van der Waals surface area contributed by atoms with Crippen molar-refractivity contribution in [3.8, 4) is 17.2 Å². The molecule has 1 aliphatic rings. The highest BCUT2D eigenvalue weighted by molar-refractivity contribution is 5.94. The van der Waals surface area contributed by atoms with Gasteiger partial charge in [0.2, 0.25) is 5.75 Å². The molecule has 2 rings (SSSR count). The predicted octanol–water partition coefficient (Wildman–Crippen LogP) is 0.198. The Kier molecular flexibility index (Phi) is 17.2. The summed E-state index contributed by atoms with van der Waals surface area (Å²) in [5, 5.41) is 34.5. The summed E-state index contributed by atoms with van der Waals surface area (Å²) < 4.78 is 21.2. The minimum Gasteiger partial charge on any atom is -0.493 e. The van der Waals surface area contributed by atoms with Crippen LogP contribution in [-0.4, -0.2) is 116 Å². The van der Waals surface area contributed by atoms with E-state index in [2.05, 4.69) is 10.2 Å². The fraction of sp³-hybridized carbons (Fsp3) is 0.375. The zero-order valence-electron chi connectivity index (χ0n) is 21.6. The number of carbonyl (C=O) groups is 5. The summed E-state index contributed by atoms with van der Waals surface area (Å²) in [6.45, 7) is 4.95. The van der Waals surface area contributed by atoms with Crippen molar-refractivity contribution >= 4 is 29.8 Å². The van der Waals surface area contributed by atoms with Crippen molar-refractivity contribution < 1.29 is 63.3 Å². The highest BCUT2D eigenvalue weighted by atomic mass is 16.5. The van der Waals surface area contributed by atoms with E-state index in [9.17, 15) is 24.0 Å². The van der Waals surface area contributed by atoms with Gasteiger partial charge >= 0.3 is 29.8 Å². The van der Waals surface area contributed by atoms with Crippen LogP contribution in [0.4, 0.5) is 0 Å². The molecule has 1 fully saturated rings. The van der Waals surface area contributed by atoms with Gasteiger partial charge in [0.1, 0.15) is 12.2 Å². The lowest BCUT2D eigenvalue weighted by Crippen LogP contribution is -2.44. The molecule has 1 aromatic rings. The molecular weight excluding hydrogens is 524 g/mol. The van der Waals surface area contributed by atoms with E-state index in [0.717, 1.165) is 32.7 Å².